The zero-order valence-electron chi connectivity index (χ0n) is 16.6. The Bertz CT molecular complexity index is 1080. The van der Waals surface area contributed by atoms with Gasteiger partial charge in [0, 0.05) is 12.2 Å². The van der Waals surface area contributed by atoms with Gasteiger partial charge in [0.25, 0.3) is 0 Å². The van der Waals surface area contributed by atoms with Crippen molar-refractivity contribution in [2.45, 2.75) is 24.8 Å². The Morgan fingerprint density at radius 1 is 0.900 bits per heavy atom. The summed E-state index contributed by atoms with van der Waals surface area (Å²) in [4.78, 5) is 12.7. The molecule has 5 nitrogen and oxygen atoms in total. The van der Waals surface area contributed by atoms with E-state index in [-0.39, 0.29) is 18.0 Å². The lowest BCUT2D eigenvalue weighted by molar-refractivity contribution is -0.116. The molecule has 1 amide bonds. The van der Waals surface area contributed by atoms with Crippen molar-refractivity contribution in [1.29, 1.82) is 0 Å². The minimum Gasteiger partial charge on any atom is -0.325 e. The molecule has 0 saturated carbocycles. The van der Waals surface area contributed by atoms with Crippen LogP contribution in [0.3, 0.4) is 0 Å². The average molecular weight is 427 g/mol. The van der Waals surface area contributed by atoms with Crippen molar-refractivity contribution >= 4 is 21.6 Å². The van der Waals surface area contributed by atoms with Crippen LogP contribution < -0.4 is 5.32 Å². The van der Waals surface area contributed by atoms with Crippen LogP contribution in [-0.4, -0.2) is 25.2 Å². The Hall–Kier alpha value is -3.03. The summed E-state index contributed by atoms with van der Waals surface area (Å²) in [6, 6.07) is 20.8. The number of aryl methyl sites for hydroxylation is 1. The first-order chi connectivity index (χ1) is 14.4. The summed E-state index contributed by atoms with van der Waals surface area (Å²) < 4.78 is 40.6. The van der Waals surface area contributed by atoms with E-state index in [0.717, 1.165) is 16.3 Å². The molecule has 3 aromatic carbocycles. The second-order valence-electron chi connectivity index (χ2n) is 6.81. The van der Waals surface area contributed by atoms with Crippen molar-refractivity contribution in [2.75, 3.05) is 11.9 Å². The lowest BCUT2D eigenvalue weighted by Gasteiger charge is -2.22. The van der Waals surface area contributed by atoms with Gasteiger partial charge in [-0.05, 0) is 53.9 Å². The summed E-state index contributed by atoms with van der Waals surface area (Å²) in [5, 5.41) is 2.74. The molecule has 0 aliphatic carbocycles. The number of sulfonamides is 1. The molecule has 0 aliphatic rings. The van der Waals surface area contributed by atoms with E-state index in [1.165, 1.54) is 36.4 Å². The van der Waals surface area contributed by atoms with Crippen LogP contribution in [0, 0.1) is 5.82 Å². The zero-order chi connectivity index (χ0) is 21.6. The molecule has 1 N–H and O–H groups in total. The smallest absolute Gasteiger partial charge is 0.243 e. The van der Waals surface area contributed by atoms with Crippen molar-refractivity contribution in [2.24, 2.45) is 0 Å². The second kappa shape index (κ2) is 9.65. The van der Waals surface area contributed by atoms with E-state index in [0.29, 0.717) is 11.3 Å². The van der Waals surface area contributed by atoms with Gasteiger partial charge in [0.05, 0.1) is 11.4 Å². The highest BCUT2D eigenvalue weighted by atomic mass is 32.2. The van der Waals surface area contributed by atoms with Gasteiger partial charge in [0.1, 0.15) is 5.82 Å². The van der Waals surface area contributed by atoms with Crippen LogP contribution in [0.2, 0.25) is 0 Å². The van der Waals surface area contributed by atoms with Crippen LogP contribution in [0.5, 0.6) is 0 Å². The first kappa shape index (κ1) is 21.7. The SMILES string of the molecule is CCc1ccc(NC(=O)CN(Cc2ccc(F)cc2)S(=O)(=O)c2ccccc2)cc1. The number of hydrogen-bond acceptors (Lipinski definition) is 3. The standard InChI is InChI=1S/C23H23FN2O3S/c1-2-18-10-14-21(15-11-18)25-23(27)17-26(16-19-8-12-20(24)13-9-19)30(28,29)22-6-4-3-5-7-22/h3-15H,2,16-17H2,1H3,(H,25,27). The number of nitrogens with zero attached hydrogens (tertiary/aromatic N) is 1. The largest absolute Gasteiger partial charge is 0.325 e. The summed E-state index contributed by atoms with van der Waals surface area (Å²) in [5.41, 5.74) is 2.31. The molecule has 0 aliphatic heterocycles. The molecule has 0 aromatic heterocycles. The molecular formula is C23H23FN2O3S. The first-order valence-electron chi connectivity index (χ1n) is 9.57. The summed E-state index contributed by atoms with van der Waals surface area (Å²) in [7, 11) is -3.93. The number of nitrogens with one attached hydrogen (secondary N) is 1. The van der Waals surface area contributed by atoms with Crippen LogP contribution in [0.4, 0.5) is 10.1 Å². The first-order valence-corrected chi connectivity index (χ1v) is 11.0. The summed E-state index contributed by atoms with van der Waals surface area (Å²) >= 11 is 0. The minimum absolute atomic E-state index is 0.0559. The Balaban J connectivity index is 1.82. The number of halogens is 1. The lowest BCUT2D eigenvalue weighted by Crippen LogP contribution is -2.37. The predicted molar refractivity (Wildman–Crippen MR) is 115 cm³/mol. The topological polar surface area (TPSA) is 66.5 Å². The molecule has 0 unspecified atom stereocenters. The molecule has 3 aromatic rings. The Morgan fingerprint density at radius 3 is 2.10 bits per heavy atom. The highest BCUT2D eigenvalue weighted by Gasteiger charge is 2.26. The molecule has 0 radical (unpaired) electrons. The van der Waals surface area contributed by atoms with E-state index in [1.807, 2.05) is 19.1 Å². The van der Waals surface area contributed by atoms with Gasteiger partial charge in [-0.3, -0.25) is 4.79 Å². The van der Waals surface area contributed by atoms with Crippen molar-refractivity contribution in [1.82, 2.24) is 4.31 Å². The average Bonchev–Trinajstić information content (AvgIpc) is 2.76. The number of hydrogen-bond donors (Lipinski definition) is 1. The Labute approximate surface area is 176 Å². The number of carbonyl (C=O) groups excluding carboxylic acids is 1. The summed E-state index contributed by atoms with van der Waals surface area (Å²) in [6.45, 7) is 1.61. The van der Waals surface area contributed by atoms with E-state index in [4.69, 9.17) is 0 Å². The maximum atomic E-state index is 13.2. The van der Waals surface area contributed by atoms with Gasteiger partial charge in [-0.15, -0.1) is 0 Å². The van der Waals surface area contributed by atoms with Gasteiger partial charge in [0.2, 0.25) is 15.9 Å². The molecule has 7 heteroatoms. The highest BCUT2D eigenvalue weighted by Crippen LogP contribution is 2.19. The number of anilines is 1. The van der Waals surface area contributed by atoms with E-state index in [9.17, 15) is 17.6 Å². The van der Waals surface area contributed by atoms with Gasteiger partial charge in [-0.1, -0.05) is 49.4 Å². The fraction of sp³-hybridized carbons (Fsp3) is 0.174. The molecule has 30 heavy (non-hydrogen) atoms. The van der Waals surface area contributed by atoms with E-state index >= 15 is 0 Å². The fourth-order valence-electron chi connectivity index (χ4n) is 2.95. The molecule has 156 valence electrons. The molecule has 0 heterocycles. The van der Waals surface area contributed by atoms with Gasteiger partial charge in [-0.25, -0.2) is 12.8 Å². The molecular weight excluding hydrogens is 403 g/mol. The van der Waals surface area contributed by atoms with Crippen LogP contribution in [-0.2, 0) is 27.8 Å². The number of carbonyl (C=O) groups is 1. The fourth-order valence-corrected chi connectivity index (χ4v) is 4.35. The quantitative estimate of drug-likeness (QED) is 0.587. The Kier molecular flexibility index (Phi) is 6.97. The van der Waals surface area contributed by atoms with E-state index in [2.05, 4.69) is 5.32 Å². The summed E-state index contributed by atoms with van der Waals surface area (Å²) in [5.74, 6) is -0.870. The zero-order valence-corrected chi connectivity index (χ0v) is 17.4. The highest BCUT2D eigenvalue weighted by molar-refractivity contribution is 7.89. The molecule has 0 bridgehead atoms. The second-order valence-corrected chi connectivity index (χ2v) is 8.75. The van der Waals surface area contributed by atoms with Gasteiger partial charge in [0.15, 0.2) is 0 Å². The molecule has 0 saturated heterocycles. The number of rotatable bonds is 8. The third-order valence-corrected chi connectivity index (χ3v) is 6.42. The van der Waals surface area contributed by atoms with E-state index < -0.39 is 21.7 Å². The normalized spacial score (nSPS) is 11.4. The van der Waals surface area contributed by atoms with Gasteiger partial charge < -0.3 is 5.32 Å². The lowest BCUT2D eigenvalue weighted by atomic mass is 10.1. The van der Waals surface area contributed by atoms with Crippen molar-refractivity contribution in [3.63, 3.8) is 0 Å². The third-order valence-electron chi connectivity index (χ3n) is 4.62. The minimum atomic E-state index is -3.93. The van der Waals surface area contributed by atoms with Crippen LogP contribution in [0.1, 0.15) is 18.1 Å². The van der Waals surface area contributed by atoms with Gasteiger partial charge in [-0.2, -0.15) is 4.31 Å². The van der Waals surface area contributed by atoms with Crippen molar-refractivity contribution < 1.29 is 17.6 Å². The molecule has 0 spiro atoms. The van der Waals surface area contributed by atoms with Crippen molar-refractivity contribution in [3.8, 4) is 0 Å². The van der Waals surface area contributed by atoms with Crippen LogP contribution in [0.15, 0.2) is 83.8 Å². The maximum Gasteiger partial charge on any atom is 0.243 e. The van der Waals surface area contributed by atoms with Crippen LogP contribution >= 0.6 is 0 Å². The monoisotopic (exact) mass is 426 g/mol. The molecule has 0 atom stereocenters. The number of benzene rings is 3. The maximum absolute atomic E-state index is 13.2. The predicted octanol–water partition coefficient (Wildman–Crippen LogP) is 4.22. The van der Waals surface area contributed by atoms with Crippen molar-refractivity contribution in [3.05, 3.63) is 95.8 Å². The van der Waals surface area contributed by atoms with Gasteiger partial charge >= 0.3 is 0 Å². The molecule has 3 rings (SSSR count). The third kappa shape index (κ3) is 5.52. The Morgan fingerprint density at radius 2 is 1.50 bits per heavy atom. The number of amides is 1. The summed E-state index contributed by atoms with van der Waals surface area (Å²) in [6.07, 6.45) is 0.884. The van der Waals surface area contributed by atoms with E-state index in [1.54, 1.807) is 30.3 Å². The van der Waals surface area contributed by atoms with Crippen LogP contribution in [0.25, 0.3) is 0 Å². The molecule has 0 fully saturated rings.